The molecule has 0 radical (unpaired) electrons. The van der Waals surface area contributed by atoms with Gasteiger partial charge >= 0.3 is 5.97 Å². The van der Waals surface area contributed by atoms with Crippen LogP contribution in [0.4, 0.5) is 11.4 Å². The highest BCUT2D eigenvalue weighted by molar-refractivity contribution is 6.12. The monoisotopic (exact) mass is 578 g/mol. The van der Waals surface area contributed by atoms with E-state index < -0.39 is 12.0 Å². The Kier molecular flexibility index (Phi) is 10.3. The summed E-state index contributed by atoms with van der Waals surface area (Å²) in [5, 5.41) is 13.0. The van der Waals surface area contributed by atoms with E-state index in [4.69, 9.17) is 4.74 Å². The van der Waals surface area contributed by atoms with Crippen LogP contribution in [0.1, 0.15) is 48.7 Å². The van der Waals surface area contributed by atoms with Gasteiger partial charge in [-0.3, -0.25) is 9.59 Å². The van der Waals surface area contributed by atoms with Crippen molar-refractivity contribution in [2.75, 3.05) is 23.4 Å². The summed E-state index contributed by atoms with van der Waals surface area (Å²) in [5.41, 5.74) is 2.90. The number of hydrogen-bond donors (Lipinski definition) is 2. The molecule has 2 N–H and O–H groups in total. The highest BCUT2D eigenvalue weighted by Crippen LogP contribution is 2.24. The number of para-hydroxylation sites is 2. The lowest BCUT2D eigenvalue weighted by Crippen LogP contribution is -2.36. The molecule has 4 aromatic carbocycles. The van der Waals surface area contributed by atoms with E-state index in [0.29, 0.717) is 42.1 Å². The fourth-order valence-corrected chi connectivity index (χ4v) is 4.71. The van der Waals surface area contributed by atoms with Crippen LogP contribution in [-0.4, -0.2) is 42.0 Å². The SMILES string of the molecule is CC(C)(C)CC(=O)N(CCOc1ccc(CC(Nc2ccccc2C(=O)c2ccccc2)C(=O)O)cc1)c1ccccc1. The van der Waals surface area contributed by atoms with Crippen LogP contribution in [-0.2, 0) is 16.0 Å². The van der Waals surface area contributed by atoms with Gasteiger partial charge in [0, 0.05) is 35.3 Å². The van der Waals surface area contributed by atoms with Gasteiger partial charge in [0.25, 0.3) is 0 Å². The van der Waals surface area contributed by atoms with Crippen LogP contribution in [0.2, 0.25) is 0 Å². The quantitative estimate of drug-likeness (QED) is 0.168. The molecular weight excluding hydrogens is 540 g/mol. The first kappa shape index (κ1) is 31.0. The Bertz CT molecular complexity index is 1510. The summed E-state index contributed by atoms with van der Waals surface area (Å²) in [6.45, 7) is 6.82. The minimum Gasteiger partial charge on any atom is -0.492 e. The van der Waals surface area contributed by atoms with Crippen molar-refractivity contribution in [3.8, 4) is 5.75 Å². The third-order valence-electron chi connectivity index (χ3n) is 6.83. The number of carboxylic acid groups (broad SMARTS) is 1. The third-order valence-corrected chi connectivity index (χ3v) is 6.83. The number of ether oxygens (including phenoxy) is 1. The molecule has 7 nitrogen and oxygen atoms in total. The molecule has 0 fully saturated rings. The zero-order valence-corrected chi connectivity index (χ0v) is 24.8. The number of nitrogens with zero attached hydrogens (tertiary/aromatic N) is 1. The van der Waals surface area contributed by atoms with Crippen molar-refractivity contribution in [1.29, 1.82) is 0 Å². The lowest BCUT2D eigenvalue weighted by Gasteiger charge is -2.27. The van der Waals surface area contributed by atoms with Crippen molar-refractivity contribution in [3.63, 3.8) is 0 Å². The molecule has 4 aromatic rings. The number of aliphatic carboxylic acids is 1. The van der Waals surface area contributed by atoms with E-state index in [-0.39, 0.29) is 23.5 Å². The highest BCUT2D eigenvalue weighted by atomic mass is 16.5. The Balaban J connectivity index is 1.39. The normalized spacial score (nSPS) is 11.8. The number of hydrogen-bond acceptors (Lipinski definition) is 5. The van der Waals surface area contributed by atoms with E-state index >= 15 is 0 Å². The van der Waals surface area contributed by atoms with Gasteiger partial charge in [-0.15, -0.1) is 0 Å². The minimum absolute atomic E-state index is 0.0388. The van der Waals surface area contributed by atoms with E-state index in [1.807, 2.05) is 69.3 Å². The lowest BCUT2D eigenvalue weighted by molar-refractivity contribution is -0.137. The molecule has 0 aliphatic carbocycles. The van der Waals surface area contributed by atoms with Crippen molar-refractivity contribution < 1.29 is 24.2 Å². The fraction of sp³-hybridized carbons (Fsp3) is 0.250. The summed E-state index contributed by atoms with van der Waals surface area (Å²) in [7, 11) is 0. The van der Waals surface area contributed by atoms with Crippen LogP contribution in [0.5, 0.6) is 5.75 Å². The zero-order valence-electron chi connectivity index (χ0n) is 24.8. The van der Waals surface area contributed by atoms with Gasteiger partial charge in [-0.25, -0.2) is 4.79 Å². The van der Waals surface area contributed by atoms with Crippen molar-refractivity contribution in [2.24, 2.45) is 5.41 Å². The van der Waals surface area contributed by atoms with Crippen molar-refractivity contribution in [2.45, 2.75) is 39.7 Å². The van der Waals surface area contributed by atoms with Crippen LogP contribution < -0.4 is 15.0 Å². The summed E-state index contributed by atoms with van der Waals surface area (Å²) in [5.74, 6) is -0.543. The highest BCUT2D eigenvalue weighted by Gasteiger charge is 2.23. The molecule has 43 heavy (non-hydrogen) atoms. The molecule has 7 heteroatoms. The second kappa shape index (κ2) is 14.3. The van der Waals surface area contributed by atoms with E-state index in [1.165, 1.54) is 0 Å². The summed E-state index contributed by atoms with van der Waals surface area (Å²) in [4.78, 5) is 40.1. The number of carbonyl (C=O) groups is 3. The molecule has 0 saturated carbocycles. The van der Waals surface area contributed by atoms with Gasteiger partial charge in [0.1, 0.15) is 18.4 Å². The summed E-state index contributed by atoms with van der Waals surface area (Å²) in [6, 6.07) is 31.7. The summed E-state index contributed by atoms with van der Waals surface area (Å²) >= 11 is 0. The maximum Gasteiger partial charge on any atom is 0.326 e. The van der Waals surface area contributed by atoms with Crippen molar-refractivity contribution in [3.05, 3.63) is 126 Å². The van der Waals surface area contributed by atoms with Gasteiger partial charge in [-0.05, 0) is 47.4 Å². The maximum absolute atomic E-state index is 13.1. The number of ketones is 1. The number of benzene rings is 4. The Morgan fingerprint density at radius 2 is 1.42 bits per heavy atom. The Morgan fingerprint density at radius 1 is 0.814 bits per heavy atom. The first-order valence-corrected chi connectivity index (χ1v) is 14.4. The molecule has 0 aromatic heterocycles. The largest absolute Gasteiger partial charge is 0.492 e. The predicted molar refractivity (Wildman–Crippen MR) is 170 cm³/mol. The molecule has 222 valence electrons. The molecule has 1 atom stereocenters. The molecule has 1 amide bonds. The molecule has 4 rings (SSSR count). The molecule has 0 aliphatic heterocycles. The van der Waals surface area contributed by atoms with Crippen LogP contribution in [0.25, 0.3) is 0 Å². The standard InChI is InChI=1S/C36H38N2O5/c1-36(2,3)25-33(39)38(28-14-8-5-9-15-28)22-23-43-29-20-18-26(19-21-29)24-32(35(41)42)37-31-17-11-10-16-30(31)34(40)27-12-6-4-7-13-27/h4-21,32,37H,22-25H2,1-3H3,(H,41,42). The van der Waals surface area contributed by atoms with Crippen LogP contribution in [0.3, 0.4) is 0 Å². The number of anilines is 2. The average Bonchev–Trinajstić information content (AvgIpc) is 2.99. The van der Waals surface area contributed by atoms with Gasteiger partial charge in [0.15, 0.2) is 5.78 Å². The number of carboxylic acids is 1. The topological polar surface area (TPSA) is 95.9 Å². The third kappa shape index (κ3) is 9.04. The molecule has 0 spiro atoms. The molecule has 0 heterocycles. The van der Waals surface area contributed by atoms with Gasteiger partial charge in [-0.2, -0.15) is 0 Å². The second-order valence-corrected chi connectivity index (χ2v) is 11.6. The minimum atomic E-state index is -1.02. The molecule has 0 saturated heterocycles. The van der Waals surface area contributed by atoms with Crippen molar-refractivity contribution >= 4 is 29.0 Å². The first-order chi connectivity index (χ1) is 20.6. The summed E-state index contributed by atoms with van der Waals surface area (Å²) in [6.07, 6.45) is 0.618. The van der Waals surface area contributed by atoms with Crippen LogP contribution >= 0.6 is 0 Å². The Morgan fingerprint density at radius 3 is 2.05 bits per heavy atom. The summed E-state index contributed by atoms with van der Waals surface area (Å²) < 4.78 is 5.96. The van der Waals surface area contributed by atoms with Crippen LogP contribution in [0, 0.1) is 5.41 Å². The number of carbonyl (C=O) groups excluding carboxylic acids is 2. The van der Waals surface area contributed by atoms with Gasteiger partial charge < -0.3 is 20.1 Å². The van der Waals surface area contributed by atoms with Gasteiger partial charge in [-0.1, -0.05) is 93.6 Å². The molecule has 0 aliphatic rings. The second-order valence-electron chi connectivity index (χ2n) is 11.6. The zero-order chi connectivity index (χ0) is 30.8. The Hall–Kier alpha value is -4.91. The van der Waals surface area contributed by atoms with E-state index in [2.05, 4.69) is 5.32 Å². The number of rotatable bonds is 13. The van der Waals surface area contributed by atoms with E-state index in [0.717, 1.165) is 11.3 Å². The maximum atomic E-state index is 13.1. The van der Waals surface area contributed by atoms with Crippen LogP contribution in [0.15, 0.2) is 109 Å². The molecule has 0 bridgehead atoms. The number of nitrogens with one attached hydrogen (secondary N) is 1. The lowest BCUT2D eigenvalue weighted by atomic mass is 9.91. The molecule has 1 unspecified atom stereocenters. The number of amides is 1. The van der Waals surface area contributed by atoms with E-state index in [1.54, 1.807) is 65.6 Å². The van der Waals surface area contributed by atoms with Gasteiger partial charge in [0.05, 0.1) is 6.54 Å². The van der Waals surface area contributed by atoms with E-state index in [9.17, 15) is 19.5 Å². The Labute approximate surface area is 253 Å². The molecular formula is C36H38N2O5. The van der Waals surface area contributed by atoms with Crippen molar-refractivity contribution in [1.82, 2.24) is 0 Å². The smallest absolute Gasteiger partial charge is 0.326 e. The fourth-order valence-electron chi connectivity index (χ4n) is 4.71. The van der Waals surface area contributed by atoms with Gasteiger partial charge in [0.2, 0.25) is 5.91 Å². The first-order valence-electron chi connectivity index (χ1n) is 14.4. The average molecular weight is 579 g/mol. The predicted octanol–water partition coefficient (Wildman–Crippen LogP) is 6.87.